The Morgan fingerprint density at radius 2 is 0.810 bits per heavy atom. The summed E-state index contributed by atoms with van der Waals surface area (Å²) in [4.78, 5) is 101. The summed E-state index contributed by atoms with van der Waals surface area (Å²) >= 11 is 15.3. The number of thiophene rings is 2. The SMILES string of the molecule is CCN1C(=O)C(=Nc2cc3c(s2)C2=CC4C=C5OC(C(=O)OCc6ccccc6)(C(=O)OCc6ccccc6)c6cc(N=C7SC(=S)N(CC)C7=O)sc6C5=CC4C=C2OC3(C(=O)OCc2ccccc2)C(=O)OCc2ccccc2)SC1=S. The van der Waals surface area contributed by atoms with Crippen molar-refractivity contribution in [2.45, 2.75) is 51.5 Å². The van der Waals surface area contributed by atoms with Gasteiger partial charge in [-0.1, -0.05) is 158 Å². The lowest BCUT2D eigenvalue weighted by Crippen LogP contribution is -2.51. The number of carbonyl (C=O) groups is 6. The zero-order chi connectivity index (χ0) is 58.3. The molecule has 0 bridgehead atoms. The van der Waals surface area contributed by atoms with Crippen LogP contribution in [0.5, 0.6) is 0 Å². The van der Waals surface area contributed by atoms with Gasteiger partial charge in [-0.15, -0.1) is 22.7 Å². The van der Waals surface area contributed by atoms with Crippen molar-refractivity contribution in [3.8, 4) is 0 Å². The number of hydrogen-bond donors (Lipinski definition) is 0. The predicted molar refractivity (Wildman–Crippen MR) is 328 cm³/mol. The zero-order valence-electron chi connectivity index (χ0n) is 44.5. The fourth-order valence-corrected chi connectivity index (χ4v) is 15.0. The quantitative estimate of drug-likeness (QED) is 0.0385. The first-order chi connectivity index (χ1) is 40.8. The van der Waals surface area contributed by atoms with E-state index in [1.54, 1.807) is 123 Å². The third-order valence-electron chi connectivity index (χ3n) is 14.3. The topological polar surface area (TPSA) is 189 Å². The number of hydrogen-bond acceptors (Lipinski definition) is 20. The van der Waals surface area contributed by atoms with Gasteiger partial charge in [0.2, 0.25) is 0 Å². The summed E-state index contributed by atoms with van der Waals surface area (Å²) in [6, 6.07) is 39.0. The summed E-state index contributed by atoms with van der Waals surface area (Å²) < 4.78 is 38.6. The standard InChI is InChI=1S/C62H46N4O12S6/c1-3-65-53(67)51(83-59(65)79)63-47-29-43-49(81-47)41-25-39-28-46-42(26-40(39)27-45(41)77-61(43,55(69)73-31-35-17-9-5-10-18-35)56(70)74-32-36-19-11-6-12-20-36)50-44(30-48(82-50)64-52-54(68)66(4-2)60(80)84-52)62(78-46,57(71)75-33-37-21-13-7-14-22-37)58(72)76-34-38-23-15-8-16-24-38/h5-30,39-40H,3-4,31-34H2,1-2H3. The van der Waals surface area contributed by atoms with Gasteiger partial charge < -0.3 is 28.4 Å². The fourth-order valence-electron chi connectivity index (χ4n) is 10.1. The number of benzene rings is 4. The first-order valence-electron chi connectivity index (χ1n) is 26.4. The van der Waals surface area contributed by atoms with Crippen molar-refractivity contribution in [3.63, 3.8) is 0 Å². The smallest absolute Gasteiger partial charge is 0.367 e. The highest BCUT2D eigenvalue weighted by atomic mass is 32.2. The molecule has 0 spiro atoms. The number of thioether (sulfide) groups is 2. The molecule has 4 aliphatic heterocycles. The molecule has 422 valence electrons. The lowest BCUT2D eigenvalue weighted by Gasteiger charge is -2.41. The number of nitrogens with zero attached hydrogens (tertiary/aromatic N) is 4. The van der Waals surface area contributed by atoms with Crippen LogP contribution in [0.25, 0.3) is 11.1 Å². The molecule has 2 atom stereocenters. The van der Waals surface area contributed by atoms with Gasteiger partial charge in [0, 0.05) is 57.0 Å². The van der Waals surface area contributed by atoms with Crippen LogP contribution in [0.15, 0.2) is 179 Å². The Morgan fingerprint density at radius 1 is 0.500 bits per heavy atom. The molecule has 2 amide bonds. The Morgan fingerprint density at radius 3 is 1.10 bits per heavy atom. The third-order valence-corrected chi connectivity index (χ3v) is 19.1. The minimum absolute atomic E-state index is 0.0595. The predicted octanol–water partition coefficient (Wildman–Crippen LogP) is 11.5. The summed E-state index contributed by atoms with van der Waals surface area (Å²) in [5, 5.41) is 0.691. The highest BCUT2D eigenvalue weighted by molar-refractivity contribution is 8.35. The maximum absolute atomic E-state index is 15.2. The molecule has 4 aromatic carbocycles. The maximum atomic E-state index is 15.2. The van der Waals surface area contributed by atoms with Gasteiger partial charge in [0.1, 0.15) is 56.6 Å². The number of esters is 4. The van der Waals surface area contributed by atoms with Gasteiger partial charge in [-0.3, -0.25) is 19.4 Å². The van der Waals surface area contributed by atoms with E-state index >= 15 is 19.2 Å². The monoisotopic (exact) mass is 1230 g/mol. The minimum Gasteiger partial charge on any atom is -0.459 e. The van der Waals surface area contributed by atoms with Crippen LogP contribution >= 0.6 is 70.6 Å². The van der Waals surface area contributed by atoms with Crippen molar-refractivity contribution >= 4 is 146 Å². The second-order valence-electron chi connectivity index (χ2n) is 19.5. The molecule has 22 heteroatoms. The van der Waals surface area contributed by atoms with E-state index in [1.165, 1.54) is 21.9 Å². The number of aliphatic imine (C=N–C) groups is 2. The number of fused-ring (bicyclic) bond motifs is 7. The number of amides is 2. The van der Waals surface area contributed by atoms with Gasteiger partial charge in [-0.25, -0.2) is 29.2 Å². The van der Waals surface area contributed by atoms with E-state index in [4.69, 9.17) is 62.8 Å². The van der Waals surface area contributed by atoms with E-state index in [-0.39, 0.29) is 69.2 Å². The molecule has 2 aliphatic carbocycles. The van der Waals surface area contributed by atoms with Crippen LogP contribution < -0.4 is 0 Å². The molecule has 2 aromatic heterocycles. The summed E-state index contributed by atoms with van der Waals surface area (Å²) in [5.74, 6) is -5.99. The lowest BCUT2D eigenvalue weighted by molar-refractivity contribution is -0.191. The number of carbonyl (C=O) groups excluding carboxylic acids is 6. The van der Waals surface area contributed by atoms with E-state index in [2.05, 4.69) is 0 Å². The van der Waals surface area contributed by atoms with Crippen LogP contribution in [0.3, 0.4) is 0 Å². The van der Waals surface area contributed by atoms with Crippen LogP contribution in [0.1, 0.15) is 57.0 Å². The Balaban J connectivity index is 1.00. The Kier molecular flexibility index (Phi) is 15.8. The van der Waals surface area contributed by atoms with Crippen molar-refractivity contribution in [2.24, 2.45) is 21.8 Å². The number of thiocarbonyl (C=S) groups is 2. The van der Waals surface area contributed by atoms with Crippen LogP contribution in [0.2, 0.25) is 0 Å². The lowest BCUT2D eigenvalue weighted by atomic mass is 9.75. The van der Waals surface area contributed by atoms with Crippen LogP contribution in [0.4, 0.5) is 10.0 Å². The molecule has 0 saturated carbocycles. The number of allylic oxidation sites excluding steroid dienone is 6. The average Bonchev–Trinajstić information content (AvgIpc) is 1.40. The fraction of sp³-hybridized carbons (Fsp3) is 0.194. The Hall–Kier alpha value is -8.12. The van der Waals surface area contributed by atoms with Crippen LogP contribution in [0, 0.1) is 11.8 Å². The Labute approximate surface area is 508 Å². The number of rotatable bonds is 16. The van der Waals surface area contributed by atoms with Crippen molar-refractivity contribution in [3.05, 3.63) is 212 Å². The second-order valence-corrected chi connectivity index (χ2v) is 24.8. The summed E-state index contributed by atoms with van der Waals surface area (Å²) in [6.45, 7) is 3.36. The molecule has 6 aliphatic rings. The molecule has 0 radical (unpaired) electrons. The molecule has 0 N–H and O–H groups in total. The minimum atomic E-state index is -2.57. The van der Waals surface area contributed by atoms with Gasteiger partial charge in [0.25, 0.3) is 11.8 Å². The summed E-state index contributed by atoms with van der Waals surface area (Å²) in [5.41, 5.74) is -1.54. The maximum Gasteiger partial charge on any atom is 0.367 e. The summed E-state index contributed by atoms with van der Waals surface area (Å²) in [7, 11) is 0. The van der Waals surface area contributed by atoms with E-state index < -0.39 is 58.7 Å². The largest absolute Gasteiger partial charge is 0.459 e. The average molecular weight is 1230 g/mol. The summed E-state index contributed by atoms with van der Waals surface area (Å²) in [6.07, 6.45) is 7.31. The first kappa shape index (κ1) is 56.4. The Bertz CT molecular complexity index is 3560. The normalized spacial score (nSPS) is 19.7. The third kappa shape index (κ3) is 10.4. The van der Waals surface area contributed by atoms with Gasteiger partial charge in [-0.2, -0.15) is 0 Å². The molecular formula is C62H46N4O12S6. The molecule has 2 unspecified atom stereocenters. The van der Waals surface area contributed by atoms with Crippen LogP contribution in [-0.2, 0) is 94.8 Å². The first-order valence-corrected chi connectivity index (χ1v) is 30.5. The highest BCUT2D eigenvalue weighted by Crippen LogP contribution is 2.57. The van der Waals surface area contributed by atoms with E-state index in [1.807, 2.05) is 36.4 Å². The molecular weight excluding hydrogens is 1190 g/mol. The van der Waals surface area contributed by atoms with Crippen molar-refractivity contribution in [1.29, 1.82) is 0 Å². The number of ether oxygens (including phenoxy) is 6. The molecule has 2 fully saturated rings. The van der Waals surface area contributed by atoms with Crippen molar-refractivity contribution in [2.75, 3.05) is 13.1 Å². The van der Waals surface area contributed by atoms with Crippen LogP contribution in [-0.4, -0.2) is 77.3 Å². The van der Waals surface area contributed by atoms with E-state index in [0.717, 1.165) is 46.2 Å². The zero-order valence-corrected chi connectivity index (χ0v) is 49.4. The molecule has 16 nitrogen and oxygen atoms in total. The highest BCUT2D eigenvalue weighted by Gasteiger charge is 2.62. The molecule has 6 aromatic rings. The molecule has 6 heterocycles. The molecule has 12 rings (SSSR count). The van der Waals surface area contributed by atoms with Gasteiger partial charge in [0.15, 0.2) is 10.1 Å². The molecule has 2 saturated heterocycles. The molecule has 84 heavy (non-hydrogen) atoms. The van der Waals surface area contributed by atoms with Crippen molar-refractivity contribution < 1.29 is 57.2 Å². The van der Waals surface area contributed by atoms with Gasteiger partial charge in [-0.05, 0) is 83.9 Å². The van der Waals surface area contributed by atoms with E-state index in [9.17, 15) is 9.59 Å². The second kappa shape index (κ2) is 23.5. The van der Waals surface area contributed by atoms with E-state index in [0.29, 0.717) is 64.9 Å². The van der Waals surface area contributed by atoms with Gasteiger partial charge >= 0.3 is 35.1 Å². The van der Waals surface area contributed by atoms with Crippen molar-refractivity contribution in [1.82, 2.24) is 9.80 Å². The van der Waals surface area contributed by atoms with Gasteiger partial charge in [0.05, 0.1) is 0 Å².